The molecular weight excluding hydrogens is 280 g/mol. The van der Waals surface area contributed by atoms with Gasteiger partial charge in [0.15, 0.2) is 0 Å². The number of amides is 2. The molecule has 20 heavy (non-hydrogen) atoms. The second kappa shape index (κ2) is 5.41. The quantitative estimate of drug-likeness (QED) is 0.788. The molecule has 1 heterocycles. The molecule has 1 saturated heterocycles. The van der Waals surface area contributed by atoms with E-state index in [4.69, 9.17) is 4.18 Å². The van der Waals surface area contributed by atoms with Gasteiger partial charge in [-0.05, 0) is 26.0 Å². The lowest BCUT2D eigenvalue weighted by Crippen LogP contribution is -2.39. The fourth-order valence-electron chi connectivity index (χ4n) is 2.00. The maximum Gasteiger partial charge on any atom is 0.321 e. The highest BCUT2D eigenvalue weighted by Crippen LogP contribution is 2.19. The van der Waals surface area contributed by atoms with Crippen molar-refractivity contribution in [3.63, 3.8) is 0 Å². The van der Waals surface area contributed by atoms with E-state index in [-0.39, 0.29) is 10.9 Å². The number of likely N-dealkylation sites (N-methyl/N-ethyl adjacent to an activating group) is 1. The van der Waals surface area contributed by atoms with E-state index in [9.17, 15) is 13.2 Å². The van der Waals surface area contributed by atoms with Crippen molar-refractivity contribution < 1.29 is 17.4 Å². The lowest BCUT2D eigenvalue weighted by atomic mass is 10.2. The van der Waals surface area contributed by atoms with Crippen molar-refractivity contribution in [2.75, 3.05) is 20.1 Å². The summed E-state index contributed by atoms with van der Waals surface area (Å²) in [5.41, 5.74) is 0.966. The maximum atomic E-state index is 12.1. The molecule has 2 rings (SSSR count). The van der Waals surface area contributed by atoms with Crippen LogP contribution in [0, 0.1) is 6.92 Å². The van der Waals surface area contributed by atoms with E-state index in [0.29, 0.717) is 13.1 Å². The number of hydrogen-bond donors (Lipinski definition) is 0. The Morgan fingerprint density at radius 3 is 2.30 bits per heavy atom. The SMILES string of the molecule is Cc1ccc(S(=O)(=O)OC(C)N2CCN(C)C2=O)cc1. The van der Waals surface area contributed by atoms with Gasteiger partial charge in [-0.3, -0.25) is 4.90 Å². The smallest absolute Gasteiger partial charge is 0.321 e. The lowest BCUT2D eigenvalue weighted by Gasteiger charge is -2.23. The van der Waals surface area contributed by atoms with Gasteiger partial charge in [0.1, 0.15) is 6.23 Å². The first-order valence-electron chi connectivity index (χ1n) is 6.33. The Balaban J connectivity index is 2.12. The van der Waals surface area contributed by atoms with Gasteiger partial charge in [0, 0.05) is 20.1 Å². The normalized spacial score (nSPS) is 17.6. The molecule has 0 aliphatic carbocycles. The van der Waals surface area contributed by atoms with Crippen LogP contribution in [0.25, 0.3) is 0 Å². The summed E-state index contributed by atoms with van der Waals surface area (Å²) in [4.78, 5) is 14.8. The van der Waals surface area contributed by atoms with Crippen molar-refractivity contribution in [2.24, 2.45) is 0 Å². The highest BCUT2D eigenvalue weighted by atomic mass is 32.2. The van der Waals surface area contributed by atoms with Crippen LogP contribution in [0.4, 0.5) is 4.79 Å². The van der Waals surface area contributed by atoms with Crippen LogP contribution in [0.5, 0.6) is 0 Å². The van der Waals surface area contributed by atoms with Crippen molar-refractivity contribution in [3.05, 3.63) is 29.8 Å². The average Bonchev–Trinajstić information content (AvgIpc) is 2.70. The van der Waals surface area contributed by atoms with Crippen LogP contribution < -0.4 is 0 Å². The molecule has 7 heteroatoms. The number of carbonyl (C=O) groups excluding carboxylic acids is 1. The Morgan fingerprint density at radius 1 is 1.20 bits per heavy atom. The van der Waals surface area contributed by atoms with Crippen molar-refractivity contribution in [3.8, 4) is 0 Å². The number of aryl methyl sites for hydroxylation is 1. The van der Waals surface area contributed by atoms with Crippen LogP contribution in [-0.2, 0) is 14.3 Å². The van der Waals surface area contributed by atoms with Crippen LogP contribution in [0.1, 0.15) is 12.5 Å². The van der Waals surface area contributed by atoms with Crippen molar-refractivity contribution in [1.82, 2.24) is 9.80 Å². The predicted molar refractivity (Wildman–Crippen MR) is 73.6 cm³/mol. The molecule has 1 aliphatic heterocycles. The van der Waals surface area contributed by atoms with Crippen molar-refractivity contribution >= 4 is 16.1 Å². The predicted octanol–water partition coefficient (Wildman–Crippen LogP) is 1.41. The minimum absolute atomic E-state index is 0.0925. The third-order valence-corrected chi connectivity index (χ3v) is 4.64. The molecule has 0 saturated carbocycles. The van der Waals surface area contributed by atoms with E-state index in [1.54, 1.807) is 26.1 Å². The van der Waals surface area contributed by atoms with Gasteiger partial charge in [-0.1, -0.05) is 17.7 Å². The van der Waals surface area contributed by atoms with Gasteiger partial charge >= 0.3 is 6.03 Å². The number of nitrogens with zero attached hydrogens (tertiary/aromatic N) is 2. The lowest BCUT2D eigenvalue weighted by molar-refractivity contribution is 0.0836. The standard InChI is InChI=1S/C13H18N2O4S/c1-10-4-6-12(7-5-10)20(17,18)19-11(2)15-9-8-14(3)13(15)16/h4-7,11H,8-9H2,1-3H3. The largest absolute Gasteiger partial charge is 0.326 e. The first kappa shape index (κ1) is 14.8. The average molecular weight is 298 g/mol. The van der Waals surface area contributed by atoms with Gasteiger partial charge in [0.2, 0.25) is 0 Å². The molecule has 1 aromatic rings. The summed E-state index contributed by atoms with van der Waals surface area (Å²) in [6.45, 7) is 4.46. The number of carbonyl (C=O) groups is 1. The van der Waals surface area contributed by atoms with Crippen LogP contribution in [-0.4, -0.2) is 50.6 Å². The third kappa shape index (κ3) is 2.94. The summed E-state index contributed by atoms with van der Waals surface area (Å²) in [6, 6.07) is 6.17. The molecule has 2 amide bonds. The third-order valence-electron chi connectivity index (χ3n) is 3.26. The van der Waals surface area contributed by atoms with E-state index < -0.39 is 16.3 Å². The van der Waals surface area contributed by atoms with Gasteiger partial charge in [-0.15, -0.1) is 0 Å². The first-order chi connectivity index (χ1) is 9.31. The molecule has 6 nitrogen and oxygen atoms in total. The molecule has 1 atom stereocenters. The molecule has 1 fully saturated rings. The van der Waals surface area contributed by atoms with Crippen LogP contribution in [0.3, 0.4) is 0 Å². The summed E-state index contributed by atoms with van der Waals surface area (Å²) < 4.78 is 29.4. The zero-order chi connectivity index (χ0) is 14.9. The number of hydrogen-bond acceptors (Lipinski definition) is 4. The van der Waals surface area contributed by atoms with E-state index in [0.717, 1.165) is 5.56 Å². The van der Waals surface area contributed by atoms with Gasteiger partial charge in [-0.25, -0.2) is 8.98 Å². The van der Waals surface area contributed by atoms with Gasteiger partial charge in [0.25, 0.3) is 10.1 Å². The highest BCUT2D eigenvalue weighted by molar-refractivity contribution is 7.86. The van der Waals surface area contributed by atoms with Crippen molar-refractivity contribution in [2.45, 2.75) is 25.0 Å². The Kier molecular flexibility index (Phi) is 4.01. The summed E-state index contributed by atoms with van der Waals surface area (Å²) in [5, 5.41) is 0. The second-order valence-electron chi connectivity index (χ2n) is 4.86. The number of urea groups is 1. The van der Waals surface area contributed by atoms with Crippen molar-refractivity contribution in [1.29, 1.82) is 0 Å². The molecule has 1 aromatic carbocycles. The van der Waals surface area contributed by atoms with E-state index in [1.807, 2.05) is 6.92 Å². The van der Waals surface area contributed by atoms with Crippen LogP contribution in [0.2, 0.25) is 0 Å². The fraction of sp³-hybridized carbons (Fsp3) is 0.462. The molecule has 0 radical (unpaired) electrons. The molecule has 0 N–H and O–H groups in total. The van der Waals surface area contributed by atoms with Gasteiger partial charge in [-0.2, -0.15) is 8.42 Å². The zero-order valence-electron chi connectivity index (χ0n) is 11.7. The summed E-state index contributed by atoms with van der Waals surface area (Å²) in [7, 11) is -2.20. The molecule has 0 spiro atoms. The Labute approximate surface area is 119 Å². The number of benzene rings is 1. The Morgan fingerprint density at radius 2 is 1.80 bits per heavy atom. The van der Waals surface area contributed by atoms with E-state index in [2.05, 4.69) is 0 Å². The van der Waals surface area contributed by atoms with Gasteiger partial charge < -0.3 is 4.90 Å². The summed E-state index contributed by atoms with van der Waals surface area (Å²) in [6.07, 6.45) is -0.821. The maximum absolute atomic E-state index is 12.1. The van der Waals surface area contributed by atoms with Crippen LogP contribution in [0.15, 0.2) is 29.2 Å². The second-order valence-corrected chi connectivity index (χ2v) is 6.43. The first-order valence-corrected chi connectivity index (χ1v) is 7.74. The molecular formula is C13H18N2O4S. The zero-order valence-corrected chi connectivity index (χ0v) is 12.6. The topological polar surface area (TPSA) is 66.9 Å². The summed E-state index contributed by atoms with van der Waals surface area (Å²) >= 11 is 0. The Hall–Kier alpha value is -1.60. The molecule has 0 aromatic heterocycles. The molecule has 1 aliphatic rings. The molecule has 110 valence electrons. The van der Waals surface area contributed by atoms with E-state index in [1.165, 1.54) is 21.9 Å². The number of rotatable bonds is 4. The minimum atomic E-state index is -3.87. The monoisotopic (exact) mass is 298 g/mol. The van der Waals surface area contributed by atoms with E-state index >= 15 is 0 Å². The van der Waals surface area contributed by atoms with Crippen LogP contribution >= 0.6 is 0 Å². The van der Waals surface area contributed by atoms with Gasteiger partial charge in [0.05, 0.1) is 4.90 Å². The molecule has 1 unspecified atom stereocenters. The highest BCUT2D eigenvalue weighted by Gasteiger charge is 2.32. The molecule has 0 bridgehead atoms. The Bertz CT molecular complexity index is 597. The fourth-order valence-corrected chi connectivity index (χ4v) is 3.05. The minimum Gasteiger partial charge on any atom is -0.326 e. The summed E-state index contributed by atoms with van der Waals surface area (Å²) in [5.74, 6) is 0.